The van der Waals surface area contributed by atoms with Crippen LogP contribution in [0.3, 0.4) is 0 Å². The fourth-order valence-corrected chi connectivity index (χ4v) is 1.21. The summed E-state index contributed by atoms with van der Waals surface area (Å²) in [5.74, 6) is 1.35. The third-order valence-electron chi connectivity index (χ3n) is 2.02. The molecule has 0 atom stereocenters. The summed E-state index contributed by atoms with van der Waals surface area (Å²) in [6, 6.07) is 0. The van der Waals surface area contributed by atoms with Gasteiger partial charge in [-0.05, 0) is 13.8 Å². The van der Waals surface area contributed by atoms with Gasteiger partial charge in [0.2, 0.25) is 0 Å². The molecule has 4 heteroatoms. The minimum Gasteiger partial charge on any atom is -0.466 e. The zero-order valence-corrected chi connectivity index (χ0v) is 9.66. The molecule has 0 aromatic carbocycles. The number of carbonyl (C=O) groups excluding carboxylic acids is 1. The van der Waals surface area contributed by atoms with Crippen molar-refractivity contribution in [1.82, 2.24) is 4.98 Å². The number of hydrogen-bond donors (Lipinski definition) is 0. The fourth-order valence-electron chi connectivity index (χ4n) is 1.21. The average Bonchev–Trinajstić information content (AvgIpc) is 2.48. The molecule has 0 aliphatic heterocycles. The number of oxazole rings is 1. The van der Waals surface area contributed by atoms with Crippen molar-refractivity contribution in [3.63, 3.8) is 0 Å². The molecule has 15 heavy (non-hydrogen) atoms. The van der Waals surface area contributed by atoms with Gasteiger partial charge in [0, 0.05) is 5.92 Å². The van der Waals surface area contributed by atoms with E-state index in [0.29, 0.717) is 24.0 Å². The summed E-state index contributed by atoms with van der Waals surface area (Å²) < 4.78 is 10.3. The van der Waals surface area contributed by atoms with Gasteiger partial charge in [-0.25, -0.2) is 4.98 Å². The maximum Gasteiger partial charge on any atom is 0.311 e. The van der Waals surface area contributed by atoms with Crippen LogP contribution in [0.4, 0.5) is 0 Å². The zero-order chi connectivity index (χ0) is 11.4. The number of ether oxygens (including phenoxy) is 1. The van der Waals surface area contributed by atoms with Crippen molar-refractivity contribution in [3.8, 4) is 0 Å². The van der Waals surface area contributed by atoms with Gasteiger partial charge in [-0.15, -0.1) is 0 Å². The van der Waals surface area contributed by atoms with Crippen LogP contribution in [0.2, 0.25) is 0 Å². The van der Waals surface area contributed by atoms with Crippen LogP contribution in [0, 0.1) is 6.92 Å². The predicted octanol–water partition coefficient (Wildman–Crippen LogP) is 2.21. The van der Waals surface area contributed by atoms with Gasteiger partial charge in [0.15, 0.2) is 5.89 Å². The molecular weight excluding hydrogens is 194 g/mol. The maximum absolute atomic E-state index is 11.2. The Morgan fingerprint density at radius 1 is 1.53 bits per heavy atom. The molecule has 1 aromatic heterocycles. The van der Waals surface area contributed by atoms with E-state index in [9.17, 15) is 4.79 Å². The first kappa shape index (κ1) is 11.8. The first-order valence-corrected chi connectivity index (χ1v) is 5.16. The van der Waals surface area contributed by atoms with Gasteiger partial charge in [0.25, 0.3) is 0 Å². The standard InChI is InChI=1S/C11H17NO3/c1-5-14-10(13)6-9-8(4)15-11(12-9)7(2)3/h7H,5-6H2,1-4H3. The Balaban J connectivity index is 2.73. The van der Waals surface area contributed by atoms with E-state index in [0.717, 1.165) is 0 Å². The molecule has 0 unspecified atom stereocenters. The van der Waals surface area contributed by atoms with Gasteiger partial charge in [0.05, 0.1) is 18.7 Å². The quantitative estimate of drug-likeness (QED) is 0.716. The van der Waals surface area contributed by atoms with E-state index in [1.54, 1.807) is 6.92 Å². The van der Waals surface area contributed by atoms with Gasteiger partial charge in [-0.2, -0.15) is 0 Å². The minimum absolute atomic E-state index is 0.190. The molecule has 0 radical (unpaired) electrons. The Morgan fingerprint density at radius 3 is 2.67 bits per heavy atom. The first-order chi connectivity index (χ1) is 7.04. The average molecular weight is 211 g/mol. The van der Waals surface area contributed by atoms with Crippen molar-refractivity contribution < 1.29 is 13.9 Å². The summed E-state index contributed by atoms with van der Waals surface area (Å²) >= 11 is 0. The molecular formula is C11H17NO3. The van der Waals surface area contributed by atoms with Gasteiger partial charge >= 0.3 is 5.97 Å². The largest absolute Gasteiger partial charge is 0.466 e. The molecule has 0 spiro atoms. The van der Waals surface area contributed by atoms with E-state index in [4.69, 9.17) is 9.15 Å². The van der Waals surface area contributed by atoms with Crippen LogP contribution in [0.1, 0.15) is 44.0 Å². The van der Waals surface area contributed by atoms with E-state index in [1.165, 1.54) is 0 Å². The molecule has 0 fully saturated rings. The van der Waals surface area contributed by atoms with Crippen LogP contribution in [-0.2, 0) is 16.0 Å². The SMILES string of the molecule is CCOC(=O)Cc1nc(C(C)C)oc1C. The van der Waals surface area contributed by atoms with Gasteiger partial charge in [0.1, 0.15) is 5.76 Å². The van der Waals surface area contributed by atoms with E-state index in [-0.39, 0.29) is 18.3 Å². The van der Waals surface area contributed by atoms with Crippen molar-refractivity contribution >= 4 is 5.97 Å². The Hall–Kier alpha value is -1.32. The number of aromatic nitrogens is 1. The lowest BCUT2D eigenvalue weighted by Crippen LogP contribution is -2.08. The number of esters is 1. The van der Waals surface area contributed by atoms with Crippen LogP contribution in [0.25, 0.3) is 0 Å². The molecule has 0 saturated carbocycles. The second kappa shape index (κ2) is 4.96. The molecule has 0 saturated heterocycles. The fraction of sp³-hybridized carbons (Fsp3) is 0.636. The lowest BCUT2D eigenvalue weighted by molar-refractivity contribution is -0.142. The minimum atomic E-state index is -0.260. The summed E-state index contributed by atoms with van der Waals surface area (Å²) in [5.41, 5.74) is 0.678. The highest BCUT2D eigenvalue weighted by Crippen LogP contribution is 2.18. The second-order valence-electron chi connectivity index (χ2n) is 3.69. The Bertz CT molecular complexity index is 342. The van der Waals surface area contributed by atoms with Crippen molar-refractivity contribution in [2.24, 2.45) is 0 Å². The number of carbonyl (C=O) groups is 1. The van der Waals surface area contributed by atoms with Gasteiger partial charge < -0.3 is 9.15 Å². The molecule has 0 amide bonds. The Labute approximate surface area is 89.6 Å². The monoisotopic (exact) mass is 211 g/mol. The number of hydrogen-bond acceptors (Lipinski definition) is 4. The Kier molecular flexibility index (Phi) is 3.88. The van der Waals surface area contributed by atoms with Crippen LogP contribution >= 0.6 is 0 Å². The smallest absolute Gasteiger partial charge is 0.311 e. The van der Waals surface area contributed by atoms with Crippen molar-refractivity contribution in [1.29, 1.82) is 0 Å². The normalized spacial score (nSPS) is 10.7. The summed E-state index contributed by atoms with van der Waals surface area (Å²) in [6.07, 6.45) is 0.190. The topological polar surface area (TPSA) is 52.3 Å². The predicted molar refractivity (Wildman–Crippen MR) is 55.7 cm³/mol. The molecule has 1 rings (SSSR count). The first-order valence-electron chi connectivity index (χ1n) is 5.16. The molecule has 1 aromatic rings. The molecule has 1 heterocycles. The molecule has 0 aliphatic carbocycles. The van der Waals surface area contributed by atoms with Gasteiger partial charge in [-0.1, -0.05) is 13.8 Å². The highest BCUT2D eigenvalue weighted by atomic mass is 16.5. The summed E-state index contributed by atoms with van der Waals surface area (Å²) in [7, 11) is 0. The third-order valence-corrected chi connectivity index (χ3v) is 2.02. The van der Waals surface area contributed by atoms with Crippen molar-refractivity contribution in [3.05, 3.63) is 17.3 Å². The molecule has 0 N–H and O–H groups in total. The second-order valence-corrected chi connectivity index (χ2v) is 3.69. The summed E-state index contributed by atoms with van der Waals surface area (Å²) in [5, 5.41) is 0. The highest BCUT2D eigenvalue weighted by molar-refractivity contribution is 5.72. The van der Waals surface area contributed by atoms with Crippen LogP contribution in [-0.4, -0.2) is 17.6 Å². The van der Waals surface area contributed by atoms with Gasteiger partial charge in [-0.3, -0.25) is 4.79 Å². The lowest BCUT2D eigenvalue weighted by atomic mass is 10.2. The number of nitrogens with zero attached hydrogens (tertiary/aromatic N) is 1. The zero-order valence-electron chi connectivity index (χ0n) is 9.66. The maximum atomic E-state index is 11.2. The lowest BCUT2D eigenvalue weighted by Gasteiger charge is -1.98. The van der Waals surface area contributed by atoms with Crippen LogP contribution < -0.4 is 0 Å². The molecule has 0 aliphatic rings. The molecule has 0 bridgehead atoms. The Morgan fingerprint density at radius 2 is 2.20 bits per heavy atom. The van der Waals surface area contributed by atoms with E-state index in [2.05, 4.69) is 4.98 Å². The molecule has 84 valence electrons. The highest BCUT2D eigenvalue weighted by Gasteiger charge is 2.15. The molecule has 4 nitrogen and oxygen atoms in total. The van der Waals surface area contributed by atoms with E-state index < -0.39 is 0 Å². The summed E-state index contributed by atoms with van der Waals surface area (Å²) in [6.45, 7) is 7.99. The summed E-state index contributed by atoms with van der Waals surface area (Å²) in [4.78, 5) is 15.5. The van der Waals surface area contributed by atoms with E-state index in [1.807, 2.05) is 20.8 Å². The van der Waals surface area contributed by atoms with Crippen molar-refractivity contribution in [2.75, 3.05) is 6.61 Å². The van der Waals surface area contributed by atoms with Crippen LogP contribution in [0.15, 0.2) is 4.42 Å². The van der Waals surface area contributed by atoms with Crippen molar-refractivity contribution in [2.45, 2.75) is 40.0 Å². The van der Waals surface area contributed by atoms with Crippen LogP contribution in [0.5, 0.6) is 0 Å². The number of rotatable bonds is 4. The van der Waals surface area contributed by atoms with E-state index >= 15 is 0 Å². The third kappa shape index (κ3) is 3.08. The number of aryl methyl sites for hydroxylation is 1.